The number of aliphatic hydroxyl groups is 1. The second-order valence-corrected chi connectivity index (χ2v) is 4.98. The van der Waals surface area contributed by atoms with Crippen molar-refractivity contribution in [2.75, 3.05) is 25.2 Å². The van der Waals surface area contributed by atoms with Gasteiger partial charge in [-0.2, -0.15) is 0 Å². The van der Waals surface area contributed by atoms with Crippen LogP contribution in [0.4, 0.5) is 11.4 Å². The van der Waals surface area contributed by atoms with Crippen LogP contribution < -0.4 is 4.90 Å². The van der Waals surface area contributed by atoms with Gasteiger partial charge in [0.05, 0.1) is 30.2 Å². The highest BCUT2D eigenvalue weighted by atomic mass is 16.6. The normalized spacial score (nSPS) is 18.4. The first kappa shape index (κ1) is 15.2. The minimum absolute atomic E-state index is 0.0667. The van der Waals surface area contributed by atoms with Crippen LogP contribution in [0.2, 0.25) is 0 Å². The van der Waals surface area contributed by atoms with Crippen molar-refractivity contribution in [3.05, 3.63) is 33.9 Å². The molecule has 0 aliphatic carbocycles. The maximum absolute atomic E-state index is 11.6. The molecule has 1 aromatic carbocycles. The number of esters is 1. The minimum Gasteiger partial charge on any atom is -0.465 e. The lowest BCUT2D eigenvalue weighted by molar-refractivity contribution is -0.384. The topological polar surface area (TPSA) is 92.9 Å². The molecule has 0 amide bonds. The lowest BCUT2D eigenvalue weighted by Crippen LogP contribution is -2.42. The predicted octanol–water partition coefficient (Wildman–Crippen LogP) is 1.73. The number of hydrogen-bond acceptors (Lipinski definition) is 6. The number of aliphatic hydroxyl groups excluding tert-OH is 1. The molecule has 1 aromatic rings. The van der Waals surface area contributed by atoms with E-state index in [4.69, 9.17) is 0 Å². The average Bonchev–Trinajstić information content (AvgIpc) is 2.53. The SMILES string of the molecule is COC(=O)c1ccc([N+](=O)[O-])c(N2CCCCC2CO)c1. The molecular formula is C14H18N2O5. The molecule has 21 heavy (non-hydrogen) atoms. The summed E-state index contributed by atoms with van der Waals surface area (Å²) >= 11 is 0. The van der Waals surface area contributed by atoms with E-state index in [1.807, 2.05) is 4.90 Å². The lowest BCUT2D eigenvalue weighted by atomic mass is 10.0. The van der Waals surface area contributed by atoms with Gasteiger partial charge >= 0.3 is 5.97 Å². The summed E-state index contributed by atoms with van der Waals surface area (Å²) < 4.78 is 4.66. The Bertz CT molecular complexity index is 546. The molecule has 1 atom stereocenters. The van der Waals surface area contributed by atoms with Crippen molar-refractivity contribution in [3.63, 3.8) is 0 Å². The van der Waals surface area contributed by atoms with E-state index >= 15 is 0 Å². The number of nitro benzene ring substituents is 1. The second kappa shape index (κ2) is 6.53. The van der Waals surface area contributed by atoms with Crippen LogP contribution in [0.1, 0.15) is 29.6 Å². The summed E-state index contributed by atoms with van der Waals surface area (Å²) in [6.07, 6.45) is 2.65. The molecule has 0 spiro atoms. The first-order valence-corrected chi connectivity index (χ1v) is 6.82. The van der Waals surface area contributed by atoms with E-state index < -0.39 is 10.9 Å². The molecule has 0 bridgehead atoms. The minimum atomic E-state index is -0.538. The highest BCUT2D eigenvalue weighted by Crippen LogP contribution is 2.33. The van der Waals surface area contributed by atoms with Crippen molar-refractivity contribution in [2.24, 2.45) is 0 Å². The third-order valence-electron chi connectivity index (χ3n) is 3.74. The molecule has 2 rings (SSSR count). The first-order chi connectivity index (χ1) is 10.1. The smallest absolute Gasteiger partial charge is 0.337 e. The van der Waals surface area contributed by atoms with Crippen LogP contribution in [0.25, 0.3) is 0 Å². The number of nitrogens with zero attached hydrogens (tertiary/aromatic N) is 2. The van der Waals surface area contributed by atoms with Gasteiger partial charge in [0.15, 0.2) is 0 Å². The summed E-state index contributed by atoms with van der Waals surface area (Å²) in [5.74, 6) is -0.538. The van der Waals surface area contributed by atoms with E-state index in [2.05, 4.69) is 4.74 Å². The third kappa shape index (κ3) is 3.13. The van der Waals surface area contributed by atoms with Crippen LogP contribution >= 0.6 is 0 Å². The molecule has 7 nitrogen and oxygen atoms in total. The van der Waals surface area contributed by atoms with Crippen molar-refractivity contribution in [1.29, 1.82) is 0 Å². The summed E-state index contributed by atoms with van der Waals surface area (Å²) in [6.45, 7) is 0.552. The molecule has 1 aliphatic heterocycles. The van der Waals surface area contributed by atoms with Crippen LogP contribution in [0.15, 0.2) is 18.2 Å². The van der Waals surface area contributed by atoms with Gasteiger partial charge in [0.1, 0.15) is 5.69 Å². The number of carbonyl (C=O) groups excluding carboxylic acids is 1. The molecule has 0 aromatic heterocycles. The van der Waals surface area contributed by atoms with E-state index in [-0.39, 0.29) is 23.9 Å². The van der Waals surface area contributed by atoms with Gasteiger partial charge in [0.2, 0.25) is 0 Å². The summed E-state index contributed by atoms with van der Waals surface area (Å²) in [6, 6.07) is 4.00. The van der Waals surface area contributed by atoms with Crippen LogP contribution in [0, 0.1) is 10.1 Å². The third-order valence-corrected chi connectivity index (χ3v) is 3.74. The molecule has 1 saturated heterocycles. The number of benzene rings is 1. The van der Waals surface area contributed by atoms with Gasteiger partial charge in [-0.05, 0) is 31.4 Å². The molecular weight excluding hydrogens is 276 g/mol. The standard InChI is InChI=1S/C14H18N2O5/c1-21-14(18)10-5-6-12(16(19)20)13(8-10)15-7-3-2-4-11(15)9-17/h5-6,8,11,17H,2-4,7,9H2,1H3. The van der Waals surface area contributed by atoms with E-state index in [1.165, 1.54) is 25.3 Å². The van der Waals surface area contributed by atoms with Gasteiger partial charge in [-0.15, -0.1) is 0 Å². The number of methoxy groups -OCH3 is 1. The molecule has 1 heterocycles. The first-order valence-electron chi connectivity index (χ1n) is 6.82. The molecule has 0 saturated carbocycles. The quantitative estimate of drug-likeness (QED) is 0.516. The van der Waals surface area contributed by atoms with Crippen LogP contribution in [0.3, 0.4) is 0 Å². The number of anilines is 1. The van der Waals surface area contributed by atoms with Gasteiger partial charge < -0.3 is 14.7 Å². The Morgan fingerprint density at radius 2 is 2.29 bits per heavy atom. The van der Waals surface area contributed by atoms with Crippen molar-refractivity contribution < 1.29 is 19.6 Å². The molecule has 114 valence electrons. The number of nitro groups is 1. The molecule has 1 unspecified atom stereocenters. The lowest BCUT2D eigenvalue weighted by Gasteiger charge is -2.36. The van der Waals surface area contributed by atoms with Crippen LogP contribution in [0.5, 0.6) is 0 Å². The highest BCUT2D eigenvalue weighted by molar-refractivity contribution is 5.91. The zero-order chi connectivity index (χ0) is 15.4. The van der Waals surface area contributed by atoms with Gasteiger partial charge in [-0.1, -0.05) is 0 Å². The predicted molar refractivity (Wildman–Crippen MR) is 76.5 cm³/mol. The van der Waals surface area contributed by atoms with E-state index in [9.17, 15) is 20.0 Å². The maximum Gasteiger partial charge on any atom is 0.337 e. The van der Waals surface area contributed by atoms with Crippen molar-refractivity contribution >= 4 is 17.3 Å². The Labute approximate surface area is 122 Å². The maximum atomic E-state index is 11.6. The van der Waals surface area contributed by atoms with Gasteiger partial charge in [0, 0.05) is 12.6 Å². The van der Waals surface area contributed by atoms with Crippen LogP contribution in [-0.4, -0.2) is 42.3 Å². The summed E-state index contributed by atoms with van der Waals surface area (Å²) in [5.41, 5.74) is 0.560. The number of hydrogen-bond donors (Lipinski definition) is 1. The molecule has 1 fully saturated rings. The molecule has 7 heteroatoms. The summed E-state index contributed by atoms with van der Waals surface area (Å²) in [4.78, 5) is 24.2. The largest absolute Gasteiger partial charge is 0.465 e. The fraction of sp³-hybridized carbons (Fsp3) is 0.500. The zero-order valence-corrected chi connectivity index (χ0v) is 11.8. The number of piperidine rings is 1. The monoisotopic (exact) mass is 294 g/mol. The van der Waals surface area contributed by atoms with Crippen molar-refractivity contribution in [2.45, 2.75) is 25.3 Å². The molecule has 0 radical (unpaired) electrons. The van der Waals surface area contributed by atoms with Gasteiger partial charge in [-0.3, -0.25) is 10.1 Å². The molecule has 1 aliphatic rings. The van der Waals surface area contributed by atoms with Gasteiger partial charge in [0.25, 0.3) is 5.69 Å². The van der Waals surface area contributed by atoms with E-state index in [0.29, 0.717) is 12.2 Å². The fourth-order valence-electron chi connectivity index (χ4n) is 2.66. The Morgan fingerprint density at radius 1 is 1.52 bits per heavy atom. The highest BCUT2D eigenvalue weighted by Gasteiger charge is 2.28. The van der Waals surface area contributed by atoms with Crippen molar-refractivity contribution in [1.82, 2.24) is 0 Å². The fourth-order valence-corrected chi connectivity index (χ4v) is 2.66. The second-order valence-electron chi connectivity index (χ2n) is 4.98. The number of ether oxygens (including phenoxy) is 1. The molecule has 1 N–H and O–H groups in total. The van der Waals surface area contributed by atoms with E-state index in [1.54, 1.807) is 0 Å². The van der Waals surface area contributed by atoms with Crippen molar-refractivity contribution in [3.8, 4) is 0 Å². The Morgan fingerprint density at radius 3 is 2.90 bits per heavy atom. The Hall–Kier alpha value is -2.15. The average molecular weight is 294 g/mol. The van der Waals surface area contributed by atoms with Gasteiger partial charge in [-0.25, -0.2) is 4.79 Å². The van der Waals surface area contributed by atoms with E-state index in [0.717, 1.165) is 19.3 Å². The number of rotatable bonds is 4. The Balaban J connectivity index is 2.46. The Kier molecular flexibility index (Phi) is 4.74. The summed E-state index contributed by atoms with van der Waals surface area (Å²) in [5, 5.41) is 20.7. The summed E-state index contributed by atoms with van der Waals surface area (Å²) in [7, 11) is 1.26. The zero-order valence-electron chi connectivity index (χ0n) is 11.8. The number of carbonyl (C=O) groups is 1. The van der Waals surface area contributed by atoms with Crippen LogP contribution in [-0.2, 0) is 4.74 Å².